The van der Waals surface area contributed by atoms with Crippen molar-refractivity contribution in [1.29, 1.82) is 0 Å². The van der Waals surface area contributed by atoms with Gasteiger partial charge in [0, 0.05) is 11.6 Å². The molecule has 4 rings (SSSR count). The van der Waals surface area contributed by atoms with Gasteiger partial charge in [0.25, 0.3) is 0 Å². The summed E-state index contributed by atoms with van der Waals surface area (Å²) in [6, 6.07) is 12.3. The van der Waals surface area contributed by atoms with Crippen LogP contribution in [0.25, 0.3) is 22.3 Å². The van der Waals surface area contributed by atoms with E-state index in [1.165, 1.54) is 24.3 Å². The van der Waals surface area contributed by atoms with E-state index in [1.54, 1.807) is 24.3 Å². The summed E-state index contributed by atoms with van der Waals surface area (Å²) in [5.41, 5.74) is 0.589. The zero-order valence-electron chi connectivity index (χ0n) is 15.6. The number of fused-ring (bicyclic) bond motifs is 1. The molecule has 2 aromatic carbocycles. The van der Waals surface area contributed by atoms with E-state index in [2.05, 4.69) is 0 Å². The fourth-order valence-corrected chi connectivity index (χ4v) is 3.31. The second-order valence-corrected chi connectivity index (χ2v) is 6.97. The van der Waals surface area contributed by atoms with E-state index in [0.29, 0.717) is 16.5 Å². The molecule has 0 bridgehead atoms. The van der Waals surface area contributed by atoms with Crippen molar-refractivity contribution in [2.45, 2.75) is 30.7 Å². The molecule has 9 nitrogen and oxygen atoms in total. The lowest BCUT2D eigenvalue weighted by molar-refractivity contribution is -0.277. The van der Waals surface area contributed by atoms with E-state index in [0.717, 1.165) is 0 Å². The first-order valence-corrected chi connectivity index (χ1v) is 9.22. The van der Waals surface area contributed by atoms with Gasteiger partial charge in [-0.3, -0.25) is 4.79 Å². The van der Waals surface area contributed by atoms with E-state index < -0.39 is 37.3 Å². The summed E-state index contributed by atoms with van der Waals surface area (Å²) in [6.07, 6.45) is -7.30. The van der Waals surface area contributed by atoms with Crippen LogP contribution >= 0.6 is 0 Å². The number of aliphatic hydroxyl groups is 4. The third-order valence-electron chi connectivity index (χ3n) is 4.97. The Balaban J connectivity index is 1.60. The van der Waals surface area contributed by atoms with Gasteiger partial charge in [-0.2, -0.15) is 0 Å². The molecule has 1 fully saturated rings. The van der Waals surface area contributed by atoms with Crippen molar-refractivity contribution in [1.82, 2.24) is 0 Å². The van der Waals surface area contributed by atoms with Gasteiger partial charge in [0.05, 0.1) is 12.0 Å². The molecule has 1 saturated heterocycles. The SMILES string of the molecule is O=c1cc(-c2ccc(O[C@@H]3O[C@@H](CO)[C@@H](O)[C@H](O)[C@@H]3O)c(O)c2)oc2ccccc12. The van der Waals surface area contributed by atoms with Gasteiger partial charge in [-0.05, 0) is 30.3 Å². The Kier molecular flexibility index (Phi) is 5.46. The maximum Gasteiger partial charge on any atom is 0.229 e. The first kappa shape index (κ1) is 20.3. The molecule has 0 spiro atoms. The molecule has 0 aliphatic carbocycles. The molecular formula is C21H20O9. The van der Waals surface area contributed by atoms with Crippen LogP contribution in [-0.2, 0) is 4.74 Å². The average Bonchev–Trinajstić information content (AvgIpc) is 2.75. The highest BCUT2D eigenvalue weighted by Gasteiger charge is 2.44. The van der Waals surface area contributed by atoms with Crippen LogP contribution in [0.3, 0.4) is 0 Å². The number of benzene rings is 2. The summed E-state index contributed by atoms with van der Waals surface area (Å²) in [5.74, 6) is -0.167. The summed E-state index contributed by atoms with van der Waals surface area (Å²) in [4.78, 5) is 12.3. The van der Waals surface area contributed by atoms with Crippen molar-refractivity contribution in [3.05, 3.63) is 58.8 Å². The van der Waals surface area contributed by atoms with E-state index in [-0.39, 0.29) is 22.7 Å². The van der Waals surface area contributed by atoms with Crippen LogP contribution in [0.5, 0.6) is 11.5 Å². The highest BCUT2D eigenvalue weighted by atomic mass is 16.7. The van der Waals surface area contributed by atoms with Gasteiger partial charge in [-0.15, -0.1) is 0 Å². The van der Waals surface area contributed by atoms with Crippen LogP contribution in [0.1, 0.15) is 0 Å². The van der Waals surface area contributed by atoms with Gasteiger partial charge >= 0.3 is 0 Å². The largest absolute Gasteiger partial charge is 0.504 e. The van der Waals surface area contributed by atoms with Crippen LogP contribution < -0.4 is 10.2 Å². The van der Waals surface area contributed by atoms with E-state index in [9.17, 15) is 30.3 Å². The Morgan fingerprint density at radius 2 is 1.73 bits per heavy atom. The molecule has 1 aliphatic rings. The smallest absolute Gasteiger partial charge is 0.229 e. The molecule has 30 heavy (non-hydrogen) atoms. The number of ether oxygens (including phenoxy) is 2. The van der Waals surface area contributed by atoms with Gasteiger partial charge in [0.15, 0.2) is 16.9 Å². The van der Waals surface area contributed by atoms with Crippen molar-refractivity contribution < 1.29 is 39.4 Å². The molecule has 1 aliphatic heterocycles. The highest BCUT2D eigenvalue weighted by Crippen LogP contribution is 2.34. The second-order valence-electron chi connectivity index (χ2n) is 6.97. The van der Waals surface area contributed by atoms with Crippen molar-refractivity contribution in [2.24, 2.45) is 0 Å². The molecule has 3 aromatic rings. The number of aromatic hydroxyl groups is 1. The quantitative estimate of drug-likeness (QED) is 0.406. The lowest BCUT2D eigenvalue weighted by atomic mass is 9.99. The number of aliphatic hydroxyl groups excluding tert-OH is 4. The summed E-state index contributed by atoms with van der Waals surface area (Å²) >= 11 is 0. The van der Waals surface area contributed by atoms with E-state index >= 15 is 0 Å². The molecule has 5 N–H and O–H groups in total. The summed E-state index contributed by atoms with van der Waals surface area (Å²) in [5, 5.41) is 49.8. The summed E-state index contributed by atoms with van der Waals surface area (Å²) in [6.45, 7) is -0.600. The molecule has 0 unspecified atom stereocenters. The third kappa shape index (κ3) is 3.64. The number of hydrogen-bond acceptors (Lipinski definition) is 9. The zero-order chi connectivity index (χ0) is 21.4. The normalized spacial score (nSPS) is 26.6. The Bertz CT molecular complexity index is 1110. The molecule has 0 saturated carbocycles. The van der Waals surface area contributed by atoms with Gasteiger partial charge < -0.3 is 39.4 Å². The van der Waals surface area contributed by atoms with Crippen LogP contribution in [0.4, 0.5) is 0 Å². The average molecular weight is 416 g/mol. The topological polar surface area (TPSA) is 150 Å². The van der Waals surface area contributed by atoms with Crippen LogP contribution in [0.15, 0.2) is 57.7 Å². The van der Waals surface area contributed by atoms with Crippen molar-refractivity contribution in [2.75, 3.05) is 6.61 Å². The zero-order valence-corrected chi connectivity index (χ0v) is 15.6. The van der Waals surface area contributed by atoms with Crippen molar-refractivity contribution in [3.63, 3.8) is 0 Å². The summed E-state index contributed by atoms with van der Waals surface area (Å²) in [7, 11) is 0. The fourth-order valence-electron chi connectivity index (χ4n) is 3.31. The molecule has 0 amide bonds. The number of phenolic OH excluding ortho intramolecular Hbond substituents is 1. The maximum atomic E-state index is 12.3. The Morgan fingerprint density at radius 1 is 0.967 bits per heavy atom. The molecule has 5 atom stereocenters. The van der Waals surface area contributed by atoms with E-state index in [4.69, 9.17) is 13.9 Å². The number of rotatable bonds is 4. The molecule has 1 aromatic heterocycles. The maximum absolute atomic E-state index is 12.3. The Hall–Kier alpha value is -2.95. The minimum atomic E-state index is -1.61. The first-order valence-electron chi connectivity index (χ1n) is 9.22. The molecule has 0 radical (unpaired) electrons. The minimum Gasteiger partial charge on any atom is -0.504 e. The molecule has 158 valence electrons. The monoisotopic (exact) mass is 416 g/mol. The van der Waals surface area contributed by atoms with Gasteiger partial charge in [0.2, 0.25) is 6.29 Å². The molecule has 9 heteroatoms. The minimum absolute atomic E-state index is 0.0776. The van der Waals surface area contributed by atoms with Gasteiger partial charge in [-0.1, -0.05) is 12.1 Å². The predicted octanol–water partition coefficient (Wildman–Crippen LogP) is 0.344. The predicted molar refractivity (Wildman–Crippen MR) is 104 cm³/mol. The lowest BCUT2D eigenvalue weighted by Crippen LogP contribution is -2.60. The summed E-state index contributed by atoms with van der Waals surface area (Å²) < 4.78 is 16.4. The number of hydrogen-bond donors (Lipinski definition) is 5. The van der Waals surface area contributed by atoms with E-state index in [1.807, 2.05) is 0 Å². The van der Waals surface area contributed by atoms with Crippen molar-refractivity contribution in [3.8, 4) is 22.8 Å². The third-order valence-corrected chi connectivity index (χ3v) is 4.97. The Morgan fingerprint density at radius 3 is 2.47 bits per heavy atom. The lowest BCUT2D eigenvalue weighted by Gasteiger charge is -2.39. The molecular weight excluding hydrogens is 396 g/mol. The standard InChI is InChI=1S/C21H20O9/c22-9-17-18(25)19(26)20(27)21(30-17)29-15-6-5-10(7-13(15)24)16-8-12(23)11-3-1-2-4-14(11)28-16/h1-8,17-22,24-27H,9H2/t17-,18+,19-,20-,21+/m0/s1. The van der Waals surface area contributed by atoms with Crippen LogP contribution in [0.2, 0.25) is 0 Å². The molecule has 2 heterocycles. The number of para-hydroxylation sites is 1. The first-order chi connectivity index (χ1) is 14.4. The van der Waals surface area contributed by atoms with Gasteiger partial charge in [-0.25, -0.2) is 0 Å². The Labute approximate surface area is 170 Å². The second kappa shape index (κ2) is 8.05. The highest BCUT2D eigenvalue weighted by molar-refractivity contribution is 5.78. The van der Waals surface area contributed by atoms with Crippen LogP contribution in [-0.4, -0.2) is 62.8 Å². The fraction of sp³-hybridized carbons (Fsp3) is 0.286. The van der Waals surface area contributed by atoms with Crippen LogP contribution in [0, 0.1) is 0 Å². The van der Waals surface area contributed by atoms with Crippen molar-refractivity contribution >= 4 is 11.0 Å². The van der Waals surface area contributed by atoms with Gasteiger partial charge in [0.1, 0.15) is 35.8 Å². The number of phenols is 1.